The van der Waals surface area contributed by atoms with Gasteiger partial charge in [0.1, 0.15) is 62.5 Å². The number of fused-ring (bicyclic) bond motifs is 20. The third kappa shape index (κ3) is 14.1. The average molecular weight is 1780 g/mol. The van der Waals surface area contributed by atoms with E-state index in [1.165, 1.54) is 62.6 Å². The molecule has 12 heterocycles. The van der Waals surface area contributed by atoms with E-state index in [0.29, 0.717) is 0 Å². The zero-order chi connectivity index (χ0) is 89.9. The summed E-state index contributed by atoms with van der Waals surface area (Å²) in [5.41, 5.74) is 28.2. The molecule has 0 radical (unpaired) electrons. The molecule has 0 spiro atoms. The molecule has 640 valence electrons. The zero-order valence-corrected chi connectivity index (χ0v) is 74.5. The van der Waals surface area contributed by atoms with Gasteiger partial charge in [0.15, 0.2) is 0 Å². The minimum Gasteiger partial charge on any atom is -0.455 e. The Morgan fingerprint density at radius 1 is 0.213 bits per heavy atom. The van der Waals surface area contributed by atoms with Crippen LogP contribution in [-0.4, -0.2) is 58.1 Å². The summed E-state index contributed by atoms with van der Waals surface area (Å²) in [7, 11) is 0. The molecule has 0 saturated heterocycles. The van der Waals surface area contributed by atoms with Gasteiger partial charge in [-0.3, -0.25) is 33.2 Å². The second-order valence-corrected chi connectivity index (χ2v) is 35.3. The van der Waals surface area contributed by atoms with Crippen molar-refractivity contribution in [2.75, 3.05) is 0 Å². The van der Waals surface area contributed by atoms with Crippen molar-refractivity contribution in [2.45, 2.75) is 0 Å². The summed E-state index contributed by atoms with van der Waals surface area (Å²) in [6.07, 6.45) is 12.7. The third-order valence-corrected chi connectivity index (χ3v) is 27.6. The molecule has 0 aliphatic carbocycles. The lowest BCUT2D eigenvalue weighted by Crippen LogP contribution is -2.00. The molecule has 28 rings (SSSR count). The van der Waals surface area contributed by atoms with Crippen LogP contribution in [0.2, 0.25) is 0 Å². The fourth-order valence-corrected chi connectivity index (χ4v) is 21.6. The SMILES string of the molecule is c1ccc(-c2cc3c(nc(-c4ccccc4)n3-c3ccccc3)c3c2sc2ccccc23)cc1.c1ccc(-c2cc3c(nc(-c4ccncc4)n3-c3ccccc3)c3c2oc2ccccc23)cc1.c1ccc(-c2cc3c(nc(-c4ccncc4)n3-c3ccccc3)c3c2sc2ccccc23)cc1.c1ccc(-c2cc3c(nc(-c4ccncc4)n3-c3ccccn3)c3c2oc2ccccc23)cc1. The highest BCUT2D eigenvalue weighted by molar-refractivity contribution is 7.27. The quantitative estimate of drug-likeness (QED) is 0.116. The van der Waals surface area contributed by atoms with E-state index >= 15 is 0 Å². The predicted octanol–water partition coefficient (Wildman–Crippen LogP) is 31.6. The highest BCUT2D eigenvalue weighted by atomic mass is 32.1. The van der Waals surface area contributed by atoms with Crippen LogP contribution in [0, 0.1) is 0 Å². The number of pyridine rings is 4. The van der Waals surface area contributed by atoms with E-state index in [0.717, 1.165) is 179 Å². The van der Waals surface area contributed by atoms with Crippen LogP contribution >= 0.6 is 22.7 Å². The first-order valence-corrected chi connectivity index (χ1v) is 46.7. The van der Waals surface area contributed by atoms with Gasteiger partial charge in [0.05, 0.1) is 43.9 Å². The number of imidazole rings is 4. The summed E-state index contributed by atoms with van der Waals surface area (Å²) >= 11 is 3.70. The number of benzene rings is 16. The molecule has 136 heavy (non-hydrogen) atoms. The number of furan rings is 2. The molecular formula is C120H76N12O2S2. The molecular weight excluding hydrogens is 1710 g/mol. The summed E-state index contributed by atoms with van der Waals surface area (Å²) in [6, 6.07) is 145. The second kappa shape index (κ2) is 34.4. The summed E-state index contributed by atoms with van der Waals surface area (Å²) in [5, 5.41) is 9.15. The maximum atomic E-state index is 6.45. The molecule has 0 fully saturated rings. The second-order valence-electron chi connectivity index (χ2n) is 33.2. The summed E-state index contributed by atoms with van der Waals surface area (Å²) in [6.45, 7) is 0. The van der Waals surface area contributed by atoms with E-state index in [9.17, 15) is 0 Å². The number of rotatable bonds is 12. The van der Waals surface area contributed by atoms with Gasteiger partial charge in [-0.05, 0) is 156 Å². The van der Waals surface area contributed by atoms with Crippen molar-refractivity contribution < 1.29 is 8.83 Å². The zero-order valence-electron chi connectivity index (χ0n) is 72.9. The van der Waals surface area contributed by atoms with E-state index in [2.05, 4.69) is 342 Å². The molecule has 0 unspecified atom stereocenters. The van der Waals surface area contributed by atoms with E-state index in [4.69, 9.17) is 28.8 Å². The maximum absolute atomic E-state index is 6.45. The van der Waals surface area contributed by atoms with E-state index in [-0.39, 0.29) is 0 Å². The van der Waals surface area contributed by atoms with Gasteiger partial charge >= 0.3 is 0 Å². The molecule has 28 aromatic rings. The molecule has 0 bridgehead atoms. The molecule has 0 atom stereocenters. The first kappa shape index (κ1) is 80.1. The van der Waals surface area contributed by atoms with Crippen LogP contribution in [0.4, 0.5) is 0 Å². The van der Waals surface area contributed by atoms with Gasteiger partial charge in [-0.1, -0.05) is 285 Å². The van der Waals surface area contributed by atoms with Crippen LogP contribution in [0.3, 0.4) is 0 Å². The summed E-state index contributed by atoms with van der Waals surface area (Å²) < 4.78 is 27.0. The fourth-order valence-electron chi connectivity index (χ4n) is 19.1. The first-order valence-electron chi connectivity index (χ1n) is 45.1. The van der Waals surface area contributed by atoms with E-state index in [1.807, 2.05) is 163 Å². The molecule has 0 aliphatic rings. The van der Waals surface area contributed by atoms with Gasteiger partial charge in [0, 0.05) is 156 Å². The van der Waals surface area contributed by atoms with E-state index in [1.54, 1.807) is 18.6 Å². The molecule has 0 saturated carbocycles. The largest absolute Gasteiger partial charge is 0.455 e. The van der Waals surface area contributed by atoms with Crippen molar-refractivity contribution in [1.29, 1.82) is 0 Å². The Morgan fingerprint density at radius 3 is 0.838 bits per heavy atom. The van der Waals surface area contributed by atoms with Crippen molar-refractivity contribution in [3.05, 3.63) is 462 Å². The Morgan fingerprint density at radius 2 is 0.485 bits per heavy atom. The minimum absolute atomic E-state index is 0.808. The Bertz CT molecular complexity index is 8220. The monoisotopic (exact) mass is 1780 g/mol. The van der Waals surface area contributed by atoms with Crippen molar-refractivity contribution in [2.24, 2.45) is 0 Å². The molecule has 12 aromatic heterocycles. The lowest BCUT2D eigenvalue weighted by atomic mass is 10.0. The van der Waals surface area contributed by atoms with Gasteiger partial charge in [-0.25, -0.2) is 24.9 Å². The summed E-state index contributed by atoms with van der Waals surface area (Å²) in [5.74, 6) is 4.38. The number of hydrogen-bond acceptors (Lipinski definition) is 12. The third-order valence-electron chi connectivity index (χ3n) is 25.2. The van der Waals surface area contributed by atoms with Crippen molar-refractivity contribution in [3.8, 4) is 113 Å². The van der Waals surface area contributed by atoms with Gasteiger partial charge in [0.25, 0.3) is 0 Å². The fraction of sp³-hybridized carbons (Fsp3) is 0. The lowest BCUT2D eigenvalue weighted by Gasteiger charge is -2.11. The van der Waals surface area contributed by atoms with Gasteiger partial charge < -0.3 is 8.83 Å². The number of aromatic nitrogens is 12. The maximum Gasteiger partial charge on any atom is 0.147 e. The van der Waals surface area contributed by atoms with Gasteiger partial charge in [-0.15, -0.1) is 22.7 Å². The highest BCUT2D eigenvalue weighted by Gasteiger charge is 2.29. The van der Waals surface area contributed by atoms with Crippen LogP contribution in [0.15, 0.2) is 471 Å². The highest BCUT2D eigenvalue weighted by Crippen LogP contribution is 2.51. The smallest absolute Gasteiger partial charge is 0.147 e. The van der Waals surface area contributed by atoms with Crippen LogP contribution < -0.4 is 0 Å². The first-order chi connectivity index (χ1) is 67.5. The van der Waals surface area contributed by atoms with Crippen molar-refractivity contribution in [1.82, 2.24) is 58.1 Å². The van der Waals surface area contributed by atoms with Crippen LogP contribution in [0.25, 0.3) is 241 Å². The van der Waals surface area contributed by atoms with Crippen LogP contribution in [0.5, 0.6) is 0 Å². The Hall–Kier alpha value is -18.0. The molecule has 16 aromatic carbocycles. The van der Waals surface area contributed by atoms with Gasteiger partial charge in [0.2, 0.25) is 0 Å². The standard InChI is InChI=1S/C31H20N2S.C30H19N3O.C30H19N3S.C29H18N4O/c1-4-12-21(13-5-1)25-20-26-29(28-24-18-10-11-19-27(24)34-30(25)28)32-31(22-14-6-2-7-15-22)33(26)23-16-8-3-9-17-23;2*1-3-9-20(10-4-1)24-19-25-28(27-23-13-7-8-14-26(23)34-29(24)27)32-30(21-15-17-31-18-16-21)33(25)22-11-5-2-6-12-22;1-2-8-19(9-3-1)22-18-23-27(26-21-10-4-5-11-24(21)34-28(22)26)32-29(20-13-16-30-17-14-20)33(23)25-12-6-7-15-31-25/h1-20H;2*1-19H;1-18H. The number of nitrogens with zero attached hydrogens (tertiary/aromatic N) is 12. The predicted molar refractivity (Wildman–Crippen MR) is 559 cm³/mol. The average Bonchev–Trinajstić information content (AvgIpc) is 1.57. The number of thiophene rings is 2. The Balaban J connectivity index is 0.0000000965. The lowest BCUT2D eigenvalue weighted by molar-refractivity contribution is 0.670. The molecule has 16 heteroatoms. The van der Waals surface area contributed by atoms with Crippen molar-refractivity contribution >= 4 is 151 Å². The molecule has 14 nitrogen and oxygen atoms in total. The van der Waals surface area contributed by atoms with E-state index < -0.39 is 0 Å². The number of para-hydroxylation sites is 5. The van der Waals surface area contributed by atoms with Gasteiger partial charge in [-0.2, -0.15) is 0 Å². The Kier molecular flexibility index (Phi) is 20.3. The topological polar surface area (TPSA) is 149 Å². The molecule has 0 aliphatic heterocycles. The normalized spacial score (nSPS) is 11.5. The molecule has 0 N–H and O–H groups in total. The number of hydrogen-bond donors (Lipinski definition) is 0. The van der Waals surface area contributed by atoms with Crippen LogP contribution in [-0.2, 0) is 0 Å². The summed E-state index contributed by atoms with van der Waals surface area (Å²) in [4.78, 5) is 38.3. The molecule has 0 amide bonds. The van der Waals surface area contributed by atoms with Crippen LogP contribution in [0.1, 0.15) is 0 Å². The minimum atomic E-state index is 0.808. The van der Waals surface area contributed by atoms with Crippen molar-refractivity contribution in [3.63, 3.8) is 0 Å². The Labute approximate surface area is 787 Å².